The average molecular weight is 244 g/mol. The van der Waals surface area contributed by atoms with Gasteiger partial charge in [-0.1, -0.05) is 6.92 Å². The van der Waals surface area contributed by atoms with Crippen LogP contribution in [0.3, 0.4) is 0 Å². The molecule has 2 fully saturated rings. The molecule has 3 unspecified atom stereocenters. The summed E-state index contributed by atoms with van der Waals surface area (Å²) in [5.74, 6) is 1.22. The maximum absolute atomic E-state index is 10.6. The lowest BCUT2D eigenvalue weighted by Crippen LogP contribution is -2.41. The molecule has 0 bridgehead atoms. The van der Waals surface area contributed by atoms with Crippen LogP contribution >= 0.6 is 11.8 Å². The first kappa shape index (κ1) is 12.7. The molecule has 2 aliphatic rings. The van der Waals surface area contributed by atoms with Crippen LogP contribution in [0.25, 0.3) is 0 Å². The van der Waals surface area contributed by atoms with Crippen LogP contribution in [0.4, 0.5) is 0 Å². The van der Waals surface area contributed by atoms with Crippen molar-refractivity contribution >= 4 is 11.8 Å². The molecular weight excluding hydrogens is 220 g/mol. The Hall–Kier alpha value is 0.270. The minimum absolute atomic E-state index is 0.401. The Bertz CT molecular complexity index is 216. The van der Waals surface area contributed by atoms with Crippen LogP contribution in [0.2, 0.25) is 0 Å². The molecule has 3 atom stereocenters. The van der Waals surface area contributed by atoms with Crippen LogP contribution in [0.5, 0.6) is 0 Å². The van der Waals surface area contributed by atoms with Crippen LogP contribution in [0.15, 0.2) is 0 Å². The van der Waals surface area contributed by atoms with Gasteiger partial charge in [-0.3, -0.25) is 0 Å². The predicted molar refractivity (Wildman–Crippen MR) is 68.9 cm³/mol. The van der Waals surface area contributed by atoms with Gasteiger partial charge in [-0.2, -0.15) is 11.8 Å². The molecule has 2 aliphatic heterocycles. The summed E-state index contributed by atoms with van der Waals surface area (Å²) in [4.78, 5) is 0. The Balaban J connectivity index is 1.70. The van der Waals surface area contributed by atoms with Crippen molar-refractivity contribution in [1.29, 1.82) is 0 Å². The van der Waals surface area contributed by atoms with Crippen molar-refractivity contribution in [3.63, 3.8) is 0 Å². The third kappa shape index (κ3) is 3.14. The zero-order chi connectivity index (χ0) is 11.4. The molecule has 0 radical (unpaired) electrons. The maximum Gasteiger partial charge on any atom is 0.0763 e. The Morgan fingerprint density at radius 1 is 1.44 bits per heavy atom. The molecule has 94 valence electrons. The topological polar surface area (TPSA) is 29.5 Å². The second-order valence-corrected chi connectivity index (χ2v) is 6.70. The van der Waals surface area contributed by atoms with Crippen LogP contribution < -0.4 is 0 Å². The standard InChI is InChI=1S/C13H24O2S/c1-11-13(14,8-4-10-16-11)7-2-5-12-6-3-9-15-12/h11-12,14H,2-10H2,1H3. The summed E-state index contributed by atoms with van der Waals surface area (Å²) < 4.78 is 5.62. The minimum Gasteiger partial charge on any atom is -0.389 e. The second-order valence-electron chi connectivity index (χ2n) is 5.25. The molecule has 16 heavy (non-hydrogen) atoms. The van der Waals surface area contributed by atoms with E-state index in [0.717, 1.165) is 32.3 Å². The largest absolute Gasteiger partial charge is 0.389 e. The van der Waals surface area contributed by atoms with Crippen molar-refractivity contribution < 1.29 is 9.84 Å². The summed E-state index contributed by atoms with van der Waals surface area (Å²) in [5.41, 5.74) is -0.401. The van der Waals surface area contributed by atoms with Gasteiger partial charge in [0.05, 0.1) is 11.7 Å². The number of hydrogen-bond donors (Lipinski definition) is 1. The van der Waals surface area contributed by atoms with Gasteiger partial charge >= 0.3 is 0 Å². The van der Waals surface area contributed by atoms with E-state index in [1.165, 1.54) is 25.0 Å². The van der Waals surface area contributed by atoms with Gasteiger partial charge in [0.2, 0.25) is 0 Å². The molecule has 0 aromatic rings. The number of rotatable bonds is 4. The molecule has 0 aliphatic carbocycles. The lowest BCUT2D eigenvalue weighted by Gasteiger charge is -2.38. The van der Waals surface area contributed by atoms with E-state index in [1.807, 2.05) is 11.8 Å². The van der Waals surface area contributed by atoms with E-state index in [1.54, 1.807) is 0 Å². The minimum atomic E-state index is -0.401. The fourth-order valence-electron chi connectivity index (χ4n) is 2.83. The summed E-state index contributed by atoms with van der Waals surface area (Å²) in [6, 6.07) is 0. The number of aliphatic hydroxyl groups is 1. The summed E-state index contributed by atoms with van der Waals surface area (Å²) in [7, 11) is 0. The second kappa shape index (κ2) is 5.74. The van der Waals surface area contributed by atoms with Crippen molar-refractivity contribution in [2.24, 2.45) is 0 Å². The van der Waals surface area contributed by atoms with Crippen LogP contribution in [0, 0.1) is 0 Å². The van der Waals surface area contributed by atoms with E-state index >= 15 is 0 Å². The highest BCUT2D eigenvalue weighted by atomic mass is 32.2. The third-order valence-corrected chi connectivity index (χ3v) is 5.50. The quantitative estimate of drug-likeness (QED) is 0.824. The zero-order valence-corrected chi connectivity index (χ0v) is 11.1. The molecule has 1 N–H and O–H groups in total. The highest BCUT2D eigenvalue weighted by Crippen LogP contribution is 2.37. The monoisotopic (exact) mass is 244 g/mol. The van der Waals surface area contributed by atoms with Gasteiger partial charge in [0.1, 0.15) is 0 Å². The molecule has 0 aromatic heterocycles. The van der Waals surface area contributed by atoms with E-state index in [2.05, 4.69) is 6.92 Å². The molecular formula is C13H24O2S. The summed E-state index contributed by atoms with van der Waals surface area (Å²) in [5, 5.41) is 11.0. The highest BCUT2D eigenvalue weighted by molar-refractivity contribution is 8.00. The van der Waals surface area contributed by atoms with Crippen molar-refractivity contribution in [2.75, 3.05) is 12.4 Å². The van der Waals surface area contributed by atoms with E-state index in [4.69, 9.17) is 4.74 Å². The van der Waals surface area contributed by atoms with Crippen LogP contribution in [-0.2, 0) is 4.74 Å². The summed E-state index contributed by atoms with van der Waals surface area (Å²) in [6.07, 6.45) is 8.31. The summed E-state index contributed by atoms with van der Waals surface area (Å²) >= 11 is 1.93. The molecule has 0 aromatic carbocycles. The van der Waals surface area contributed by atoms with E-state index in [-0.39, 0.29) is 0 Å². The lowest BCUT2D eigenvalue weighted by molar-refractivity contribution is 0.0137. The Morgan fingerprint density at radius 3 is 3.00 bits per heavy atom. The first-order valence-corrected chi connectivity index (χ1v) is 7.71. The Kier molecular flexibility index (Phi) is 4.57. The Morgan fingerprint density at radius 2 is 2.31 bits per heavy atom. The molecule has 2 nitrogen and oxygen atoms in total. The fourth-order valence-corrected chi connectivity index (χ4v) is 4.04. The van der Waals surface area contributed by atoms with Gasteiger partial charge in [0.25, 0.3) is 0 Å². The van der Waals surface area contributed by atoms with Gasteiger partial charge in [0, 0.05) is 11.9 Å². The van der Waals surface area contributed by atoms with Gasteiger partial charge < -0.3 is 9.84 Å². The lowest BCUT2D eigenvalue weighted by atomic mass is 9.87. The number of thioether (sulfide) groups is 1. The first-order valence-electron chi connectivity index (χ1n) is 6.66. The molecule has 2 rings (SSSR count). The molecule has 0 saturated carbocycles. The molecule has 2 heterocycles. The van der Waals surface area contributed by atoms with Crippen molar-refractivity contribution in [2.45, 2.75) is 68.8 Å². The van der Waals surface area contributed by atoms with Crippen LogP contribution in [-0.4, -0.2) is 34.4 Å². The summed E-state index contributed by atoms with van der Waals surface area (Å²) in [6.45, 7) is 3.12. The third-order valence-electron chi connectivity index (χ3n) is 4.04. The zero-order valence-electron chi connectivity index (χ0n) is 10.3. The fraction of sp³-hybridized carbons (Fsp3) is 1.00. The maximum atomic E-state index is 10.6. The number of hydrogen-bond acceptors (Lipinski definition) is 3. The molecule has 0 amide bonds. The van der Waals surface area contributed by atoms with Crippen molar-refractivity contribution in [3.8, 4) is 0 Å². The SMILES string of the molecule is CC1SCCCC1(O)CCCC1CCCO1. The number of ether oxygens (including phenoxy) is 1. The normalized spacial score (nSPS) is 40.1. The van der Waals surface area contributed by atoms with Gasteiger partial charge in [-0.25, -0.2) is 0 Å². The Labute approximate surface area is 103 Å². The average Bonchev–Trinajstić information content (AvgIpc) is 2.76. The van der Waals surface area contributed by atoms with Gasteiger partial charge in [-0.15, -0.1) is 0 Å². The van der Waals surface area contributed by atoms with Crippen molar-refractivity contribution in [3.05, 3.63) is 0 Å². The highest BCUT2D eigenvalue weighted by Gasteiger charge is 2.36. The molecule has 0 spiro atoms. The molecule has 2 saturated heterocycles. The smallest absolute Gasteiger partial charge is 0.0763 e. The van der Waals surface area contributed by atoms with Crippen LogP contribution in [0.1, 0.15) is 51.9 Å². The predicted octanol–water partition coefficient (Wildman–Crippen LogP) is 2.98. The van der Waals surface area contributed by atoms with Crippen molar-refractivity contribution in [1.82, 2.24) is 0 Å². The van der Waals surface area contributed by atoms with E-state index in [0.29, 0.717) is 11.4 Å². The van der Waals surface area contributed by atoms with Gasteiger partial charge in [0.15, 0.2) is 0 Å². The first-order chi connectivity index (χ1) is 7.71. The van der Waals surface area contributed by atoms with E-state index < -0.39 is 5.60 Å². The van der Waals surface area contributed by atoms with Gasteiger partial charge in [-0.05, 0) is 50.7 Å². The van der Waals surface area contributed by atoms with E-state index in [9.17, 15) is 5.11 Å². The molecule has 3 heteroatoms.